The maximum absolute atomic E-state index is 14.3. The van der Waals surface area contributed by atoms with Gasteiger partial charge in [-0.15, -0.1) is 5.10 Å². The zero-order valence-electron chi connectivity index (χ0n) is 34.4. The number of ether oxygens (including phenoxy) is 1. The number of amides is 6. The number of piperazine rings is 1. The highest BCUT2D eigenvalue weighted by Crippen LogP contribution is 2.34. The SMILES string of the molecule is CCc1c(N2CCN(CCCC(=O)Nc3ccc4c(c3)C(=O)N(C3CCC(=O)NC3=O)C4=O)CC2)c(=O)n2nc(C3=CCOCC3)nc2n1CC(=O)Nc1ccc(C(F)(F)F)cc1Cl. The first-order chi connectivity index (χ1) is 30.6. The summed E-state index contributed by atoms with van der Waals surface area (Å²) in [6, 6.07) is 5.87. The number of rotatable bonds is 12. The van der Waals surface area contributed by atoms with Crippen LogP contribution in [0.5, 0.6) is 0 Å². The molecule has 3 N–H and O–H groups in total. The summed E-state index contributed by atoms with van der Waals surface area (Å²) >= 11 is 6.15. The minimum Gasteiger partial charge on any atom is -0.377 e. The molecule has 0 saturated carbocycles. The van der Waals surface area contributed by atoms with E-state index in [1.165, 1.54) is 22.7 Å². The molecular formula is C42H42ClF3N10O8. The number of piperidine rings is 1. The summed E-state index contributed by atoms with van der Waals surface area (Å²) in [5.41, 5.74) is 0.678. The van der Waals surface area contributed by atoms with Crippen LogP contribution in [0.15, 0.2) is 47.3 Å². The van der Waals surface area contributed by atoms with Crippen molar-refractivity contribution in [2.75, 3.05) is 61.5 Å². The van der Waals surface area contributed by atoms with Gasteiger partial charge in [0.05, 0.1) is 46.3 Å². The molecule has 0 aliphatic carbocycles. The number of nitrogens with one attached hydrogen (secondary N) is 3. The minimum atomic E-state index is -4.62. The molecule has 1 unspecified atom stereocenters. The molecule has 2 fully saturated rings. The highest BCUT2D eigenvalue weighted by molar-refractivity contribution is 6.33. The van der Waals surface area contributed by atoms with E-state index in [1.807, 2.05) is 17.9 Å². The molecule has 4 aliphatic heterocycles. The summed E-state index contributed by atoms with van der Waals surface area (Å²) in [5, 5.41) is 11.8. The quantitative estimate of drug-likeness (QED) is 0.175. The van der Waals surface area contributed by atoms with Crippen molar-refractivity contribution >= 4 is 75.5 Å². The van der Waals surface area contributed by atoms with Crippen LogP contribution in [0.2, 0.25) is 5.02 Å². The summed E-state index contributed by atoms with van der Waals surface area (Å²) in [7, 11) is 0. The lowest BCUT2D eigenvalue weighted by atomic mass is 10.0. The summed E-state index contributed by atoms with van der Waals surface area (Å²) in [6.07, 6.45) is -1.31. The van der Waals surface area contributed by atoms with Gasteiger partial charge in [0.15, 0.2) is 5.82 Å². The number of anilines is 3. The number of carbonyl (C=O) groups excluding carboxylic acids is 6. The zero-order chi connectivity index (χ0) is 45.4. The van der Waals surface area contributed by atoms with Gasteiger partial charge in [-0.2, -0.15) is 22.7 Å². The summed E-state index contributed by atoms with van der Waals surface area (Å²) in [6.45, 7) is 4.75. The van der Waals surface area contributed by atoms with Crippen molar-refractivity contribution in [3.8, 4) is 0 Å². The first-order valence-electron chi connectivity index (χ1n) is 20.7. The number of aromatic nitrogens is 4. The number of hydrogen-bond acceptors (Lipinski definition) is 12. The number of imide groups is 2. The van der Waals surface area contributed by atoms with E-state index in [2.05, 4.69) is 30.9 Å². The summed E-state index contributed by atoms with van der Waals surface area (Å²) in [4.78, 5) is 101. The molecule has 18 nitrogen and oxygen atoms in total. The summed E-state index contributed by atoms with van der Waals surface area (Å²) < 4.78 is 48.0. The Bertz CT molecular complexity index is 2690. The molecule has 22 heteroatoms. The van der Waals surface area contributed by atoms with E-state index in [-0.39, 0.29) is 59.3 Å². The van der Waals surface area contributed by atoms with Crippen molar-refractivity contribution in [1.82, 2.24) is 34.3 Å². The molecule has 1 atom stereocenters. The molecule has 64 heavy (non-hydrogen) atoms. The minimum absolute atomic E-state index is 0.00237. The predicted molar refractivity (Wildman–Crippen MR) is 225 cm³/mol. The number of hydrogen-bond donors (Lipinski definition) is 3. The van der Waals surface area contributed by atoms with E-state index in [1.54, 1.807) is 4.57 Å². The highest BCUT2D eigenvalue weighted by atomic mass is 35.5. The van der Waals surface area contributed by atoms with Crippen LogP contribution in [-0.4, -0.2) is 116 Å². The fraction of sp³-hybridized carbons (Fsp3) is 0.405. The molecule has 2 saturated heterocycles. The molecule has 0 bridgehead atoms. The van der Waals surface area contributed by atoms with Gasteiger partial charge < -0.3 is 24.8 Å². The molecule has 0 spiro atoms. The average molecular weight is 907 g/mol. The monoisotopic (exact) mass is 906 g/mol. The Kier molecular flexibility index (Phi) is 12.4. The second-order valence-corrected chi connectivity index (χ2v) is 16.1. The average Bonchev–Trinajstić information content (AvgIpc) is 3.82. The molecule has 0 radical (unpaired) electrons. The van der Waals surface area contributed by atoms with E-state index in [0.29, 0.717) is 88.1 Å². The smallest absolute Gasteiger partial charge is 0.377 e. The van der Waals surface area contributed by atoms with Crippen molar-refractivity contribution in [3.63, 3.8) is 0 Å². The van der Waals surface area contributed by atoms with Crippen LogP contribution in [-0.2, 0) is 43.1 Å². The Morgan fingerprint density at radius 2 is 1.72 bits per heavy atom. The Balaban J connectivity index is 0.924. The third kappa shape index (κ3) is 8.87. The fourth-order valence-electron chi connectivity index (χ4n) is 8.35. The molecule has 8 rings (SSSR count). The summed E-state index contributed by atoms with van der Waals surface area (Å²) in [5.74, 6) is -3.01. The normalized spacial score (nSPS) is 18.3. The third-order valence-electron chi connectivity index (χ3n) is 11.6. The van der Waals surface area contributed by atoms with Crippen molar-refractivity contribution in [3.05, 3.63) is 86.1 Å². The van der Waals surface area contributed by atoms with Gasteiger partial charge in [0.25, 0.3) is 17.4 Å². The number of halogens is 4. The van der Waals surface area contributed by atoms with Gasteiger partial charge in [-0.1, -0.05) is 24.6 Å². The van der Waals surface area contributed by atoms with Gasteiger partial charge in [-0.05, 0) is 74.2 Å². The first kappa shape index (κ1) is 44.2. The van der Waals surface area contributed by atoms with Gasteiger partial charge >= 0.3 is 6.18 Å². The first-order valence-corrected chi connectivity index (χ1v) is 21.1. The van der Waals surface area contributed by atoms with Crippen LogP contribution in [0.25, 0.3) is 11.4 Å². The van der Waals surface area contributed by atoms with Crippen molar-refractivity contribution < 1.29 is 46.7 Å². The second-order valence-electron chi connectivity index (χ2n) is 15.7. The highest BCUT2D eigenvalue weighted by Gasteiger charge is 2.44. The van der Waals surface area contributed by atoms with Crippen LogP contribution in [0.4, 0.5) is 30.2 Å². The van der Waals surface area contributed by atoms with E-state index in [0.717, 1.165) is 28.7 Å². The fourth-order valence-corrected chi connectivity index (χ4v) is 8.58. The molecular weight excluding hydrogens is 865 g/mol. The van der Waals surface area contributed by atoms with E-state index in [4.69, 9.17) is 16.3 Å². The molecule has 4 aromatic rings. The van der Waals surface area contributed by atoms with E-state index >= 15 is 0 Å². The topological polar surface area (TPSA) is 210 Å². The number of carbonyl (C=O) groups is 6. The van der Waals surface area contributed by atoms with E-state index < -0.39 is 52.9 Å². The molecule has 4 aliphatic rings. The van der Waals surface area contributed by atoms with Crippen molar-refractivity contribution in [2.24, 2.45) is 0 Å². The molecule has 6 amide bonds. The second kappa shape index (κ2) is 18.0. The Morgan fingerprint density at radius 1 is 0.953 bits per heavy atom. The standard InChI is InChI=1S/C42H42ClF3N10O8/c1-2-30-35(40(63)56-41(50-36(51-56)23-11-18-64-19-12-23)54(30)22-34(59)48-29-8-5-24(20-28(29)43)42(44,45)46)53-16-14-52(15-17-53)13-3-4-32(57)47-25-6-7-26-27(21-25)39(62)55(38(26)61)31-9-10-33(58)49-37(31)60/h5-8,11,20-21,31H,2-4,9-10,12-19,22H2,1H3,(H,47,57)(H,48,59)(H,49,58,60). The predicted octanol–water partition coefficient (Wildman–Crippen LogP) is 3.51. The van der Waals surface area contributed by atoms with Crippen LogP contribution >= 0.6 is 11.6 Å². The van der Waals surface area contributed by atoms with E-state index in [9.17, 15) is 46.7 Å². The molecule has 2 aromatic heterocycles. The van der Waals surface area contributed by atoms with Crippen LogP contribution in [0.1, 0.15) is 76.8 Å². The van der Waals surface area contributed by atoms with Gasteiger partial charge in [-0.3, -0.25) is 48.7 Å². The number of fused-ring (bicyclic) bond motifs is 2. The molecule has 336 valence electrons. The lowest BCUT2D eigenvalue weighted by molar-refractivity contribution is -0.138. The molecule has 6 heterocycles. The van der Waals surface area contributed by atoms with Crippen molar-refractivity contribution in [2.45, 2.75) is 64.2 Å². The van der Waals surface area contributed by atoms with Gasteiger partial charge in [-0.25, -0.2) is 0 Å². The third-order valence-corrected chi connectivity index (χ3v) is 11.9. The molecule has 2 aromatic carbocycles. The van der Waals surface area contributed by atoms with Crippen LogP contribution in [0, 0.1) is 0 Å². The van der Waals surface area contributed by atoms with Gasteiger partial charge in [0, 0.05) is 44.7 Å². The lowest BCUT2D eigenvalue weighted by Gasteiger charge is -2.36. The lowest BCUT2D eigenvalue weighted by Crippen LogP contribution is -2.54. The zero-order valence-corrected chi connectivity index (χ0v) is 35.2. The largest absolute Gasteiger partial charge is 0.416 e. The van der Waals surface area contributed by atoms with Crippen LogP contribution < -0.4 is 26.4 Å². The Morgan fingerprint density at radius 3 is 2.41 bits per heavy atom. The van der Waals surface area contributed by atoms with Crippen LogP contribution in [0.3, 0.4) is 0 Å². The number of benzene rings is 2. The number of nitrogens with zero attached hydrogens (tertiary/aromatic N) is 7. The van der Waals surface area contributed by atoms with Gasteiger partial charge in [0.2, 0.25) is 29.4 Å². The van der Waals surface area contributed by atoms with Gasteiger partial charge in [0.1, 0.15) is 18.3 Å². The maximum atomic E-state index is 14.3. The Hall–Kier alpha value is -6.45. The number of alkyl halides is 3. The Labute approximate surface area is 367 Å². The maximum Gasteiger partial charge on any atom is 0.416 e. The van der Waals surface area contributed by atoms with Crippen molar-refractivity contribution in [1.29, 1.82) is 0 Å².